The van der Waals surface area contributed by atoms with Gasteiger partial charge in [-0.3, -0.25) is 0 Å². The van der Waals surface area contributed by atoms with E-state index in [0.717, 1.165) is 0 Å². The van der Waals surface area contributed by atoms with E-state index in [4.69, 9.17) is 10.2 Å². The Morgan fingerprint density at radius 2 is 2.00 bits per heavy atom. The van der Waals surface area contributed by atoms with Crippen LogP contribution in [-0.2, 0) is 0 Å². The zero-order chi connectivity index (χ0) is 10.0. The molecule has 74 valence electrons. The largest absolute Gasteiger partial charge is 0.423 e. The summed E-state index contributed by atoms with van der Waals surface area (Å²) in [5.74, 6) is 0.797. The van der Waals surface area contributed by atoms with Crippen LogP contribution in [0.1, 0.15) is 31.7 Å². The molecule has 1 aromatic heterocycles. The van der Waals surface area contributed by atoms with Gasteiger partial charge < -0.3 is 15.3 Å². The first kappa shape index (κ1) is 10.1. The molecule has 5 heteroatoms. The Balaban J connectivity index is 2.73. The standard InChI is InChI=1S/C8H15N3O2/c1-4(2)6(9)7(12)8-11-10-5(3)13-8/h4,6-7,12H,9H2,1-3H3/t6-,7?/m0/s1. The number of aliphatic hydroxyl groups is 1. The van der Waals surface area contributed by atoms with Crippen molar-refractivity contribution in [2.45, 2.75) is 32.9 Å². The summed E-state index contributed by atoms with van der Waals surface area (Å²) in [6.07, 6.45) is -0.874. The number of aliphatic hydroxyl groups excluding tert-OH is 1. The van der Waals surface area contributed by atoms with Crippen molar-refractivity contribution in [2.24, 2.45) is 11.7 Å². The molecule has 3 N–H and O–H groups in total. The monoisotopic (exact) mass is 185 g/mol. The molecule has 1 rings (SSSR count). The number of nitrogens with zero attached hydrogens (tertiary/aromatic N) is 2. The topological polar surface area (TPSA) is 85.2 Å². The van der Waals surface area contributed by atoms with Crippen molar-refractivity contribution < 1.29 is 9.52 Å². The third-order valence-corrected chi connectivity index (χ3v) is 1.93. The summed E-state index contributed by atoms with van der Waals surface area (Å²) in [5, 5.41) is 17.0. The van der Waals surface area contributed by atoms with Crippen LogP contribution in [-0.4, -0.2) is 21.3 Å². The molecule has 0 aromatic carbocycles. The predicted octanol–water partition coefficient (Wildman–Crippen LogP) is 0.395. The second-order valence-corrected chi connectivity index (χ2v) is 3.43. The van der Waals surface area contributed by atoms with Crippen LogP contribution < -0.4 is 5.73 Å². The smallest absolute Gasteiger partial charge is 0.246 e. The van der Waals surface area contributed by atoms with E-state index in [0.29, 0.717) is 5.89 Å². The summed E-state index contributed by atoms with van der Waals surface area (Å²) in [7, 11) is 0. The fourth-order valence-corrected chi connectivity index (χ4v) is 0.961. The van der Waals surface area contributed by atoms with Crippen LogP contribution in [0.2, 0.25) is 0 Å². The van der Waals surface area contributed by atoms with E-state index in [1.807, 2.05) is 13.8 Å². The molecule has 0 aliphatic carbocycles. The molecule has 2 atom stereocenters. The van der Waals surface area contributed by atoms with Crippen LogP contribution in [0, 0.1) is 12.8 Å². The molecule has 0 amide bonds. The highest BCUT2D eigenvalue weighted by Crippen LogP contribution is 2.18. The summed E-state index contributed by atoms with van der Waals surface area (Å²) in [6.45, 7) is 5.53. The van der Waals surface area contributed by atoms with E-state index in [2.05, 4.69) is 10.2 Å². The molecular formula is C8H15N3O2. The fraction of sp³-hybridized carbons (Fsp3) is 0.750. The first-order valence-electron chi connectivity index (χ1n) is 4.26. The molecule has 0 saturated heterocycles. The molecule has 0 bridgehead atoms. The molecule has 0 aliphatic rings. The van der Waals surface area contributed by atoms with Crippen molar-refractivity contribution in [3.05, 3.63) is 11.8 Å². The minimum absolute atomic E-state index is 0.169. The molecule has 13 heavy (non-hydrogen) atoms. The lowest BCUT2D eigenvalue weighted by Gasteiger charge is -2.18. The van der Waals surface area contributed by atoms with Gasteiger partial charge in [-0.05, 0) is 5.92 Å². The summed E-state index contributed by atoms with van der Waals surface area (Å²) in [5.41, 5.74) is 5.72. The van der Waals surface area contributed by atoms with Crippen molar-refractivity contribution in [1.29, 1.82) is 0 Å². The highest BCUT2D eigenvalue weighted by Gasteiger charge is 2.24. The van der Waals surface area contributed by atoms with Gasteiger partial charge >= 0.3 is 0 Å². The quantitative estimate of drug-likeness (QED) is 0.711. The lowest BCUT2D eigenvalue weighted by Crippen LogP contribution is -2.33. The molecule has 5 nitrogen and oxygen atoms in total. The van der Waals surface area contributed by atoms with Crippen molar-refractivity contribution >= 4 is 0 Å². The van der Waals surface area contributed by atoms with E-state index in [1.54, 1.807) is 6.92 Å². The number of aryl methyl sites for hydroxylation is 1. The minimum Gasteiger partial charge on any atom is -0.423 e. The zero-order valence-corrected chi connectivity index (χ0v) is 8.06. The Bertz CT molecular complexity index is 272. The van der Waals surface area contributed by atoms with Gasteiger partial charge in [-0.1, -0.05) is 13.8 Å². The Kier molecular flexibility index (Phi) is 3.00. The maximum atomic E-state index is 9.65. The van der Waals surface area contributed by atoms with E-state index in [9.17, 15) is 5.11 Å². The minimum atomic E-state index is -0.874. The molecule has 0 fully saturated rings. The zero-order valence-electron chi connectivity index (χ0n) is 8.06. The SMILES string of the molecule is Cc1nnc(C(O)[C@@H](N)C(C)C)o1. The summed E-state index contributed by atoms with van der Waals surface area (Å²) < 4.78 is 5.06. The third-order valence-electron chi connectivity index (χ3n) is 1.93. The van der Waals surface area contributed by atoms with Gasteiger partial charge in [-0.25, -0.2) is 0 Å². The van der Waals surface area contributed by atoms with Gasteiger partial charge in [-0.15, -0.1) is 10.2 Å². The Morgan fingerprint density at radius 3 is 2.38 bits per heavy atom. The molecule has 1 aromatic rings. The third kappa shape index (κ3) is 2.26. The molecule has 1 unspecified atom stereocenters. The van der Waals surface area contributed by atoms with Crippen LogP contribution in [0.3, 0.4) is 0 Å². The van der Waals surface area contributed by atoms with Gasteiger partial charge in [0.1, 0.15) is 6.10 Å². The van der Waals surface area contributed by atoms with E-state index < -0.39 is 6.10 Å². The van der Waals surface area contributed by atoms with Crippen molar-refractivity contribution in [1.82, 2.24) is 10.2 Å². The second kappa shape index (κ2) is 3.85. The van der Waals surface area contributed by atoms with Gasteiger partial charge in [0.25, 0.3) is 0 Å². The van der Waals surface area contributed by atoms with Crippen LogP contribution in [0.15, 0.2) is 4.42 Å². The van der Waals surface area contributed by atoms with Crippen LogP contribution in [0.4, 0.5) is 0 Å². The van der Waals surface area contributed by atoms with Gasteiger partial charge in [0.05, 0.1) is 0 Å². The molecule has 0 radical (unpaired) electrons. The molecular weight excluding hydrogens is 170 g/mol. The Labute approximate surface area is 77.0 Å². The summed E-state index contributed by atoms with van der Waals surface area (Å²) in [6, 6.07) is -0.375. The highest BCUT2D eigenvalue weighted by atomic mass is 16.4. The van der Waals surface area contributed by atoms with Gasteiger partial charge in [0.2, 0.25) is 11.8 Å². The average molecular weight is 185 g/mol. The van der Waals surface area contributed by atoms with Crippen molar-refractivity contribution in [3.63, 3.8) is 0 Å². The lowest BCUT2D eigenvalue weighted by atomic mass is 10.00. The number of nitrogens with two attached hydrogens (primary N) is 1. The molecule has 0 saturated carbocycles. The first-order chi connectivity index (χ1) is 6.02. The van der Waals surface area contributed by atoms with Crippen molar-refractivity contribution in [3.8, 4) is 0 Å². The lowest BCUT2D eigenvalue weighted by molar-refractivity contribution is 0.0963. The average Bonchev–Trinajstić information content (AvgIpc) is 2.49. The van der Waals surface area contributed by atoms with Gasteiger partial charge in [-0.2, -0.15) is 0 Å². The van der Waals surface area contributed by atoms with Crippen LogP contribution in [0.25, 0.3) is 0 Å². The number of aromatic nitrogens is 2. The number of hydrogen-bond donors (Lipinski definition) is 2. The Morgan fingerprint density at radius 1 is 1.38 bits per heavy atom. The maximum Gasteiger partial charge on any atom is 0.246 e. The van der Waals surface area contributed by atoms with Gasteiger partial charge in [0, 0.05) is 13.0 Å². The molecule has 0 spiro atoms. The van der Waals surface area contributed by atoms with E-state index in [1.165, 1.54) is 0 Å². The number of rotatable bonds is 3. The number of hydrogen-bond acceptors (Lipinski definition) is 5. The fourth-order valence-electron chi connectivity index (χ4n) is 0.961. The first-order valence-corrected chi connectivity index (χ1v) is 4.26. The van der Waals surface area contributed by atoms with Crippen LogP contribution >= 0.6 is 0 Å². The second-order valence-electron chi connectivity index (χ2n) is 3.43. The summed E-state index contributed by atoms with van der Waals surface area (Å²) >= 11 is 0. The Hall–Kier alpha value is -0.940. The normalized spacial score (nSPS) is 16.2. The van der Waals surface area contributed by atoms with Gasteiger partial charge in [0.15, 0.2) is 0 Å². The maximum absolute atomic E-state index is 9.65. The highest BCUT2D eigenvalue weighted by molar-refractivity contribution is 4.91. The molecule has 1 heterocycles. The van der Waals surface area contributed by atoms with Crippen molar-refractivity contribution in [2.75, 3.05) is 0 Å². The predicted molar refractivity (Wildman–Crippen MR) is 46.8 cm³/mol. The van der Waals surface area contributed by atoms with E-state index >= 15 is 0 Å². The summed E-state index contributed by atoms with van der Waals surface area (Å²) in [4.78, 5) is 0. The molecule has 0 aliphatic heterocycles. The van der Waals surface area contributed by atoms with Crippen LogP contribution in [0.5, 0.6) is 0 Å². The van der Waals surface area contributed by atoms with E-state index in [-0.39, 0.29) is 17.9 Å².